The fourth-order valence-corrected chi connectivity index (χ4v) is 18.6. The number of carbonyl (C=O) groups excluding carboxylic acids is 5. The Kier molecular flexibility index (Phi) is 28.3. The van der Waals surface area contributed by atoms with Crippen LogP contribution in [0.2, 0.25) is 5.02 Å². The number of carbonyl (C=O) groups is 5. The summed E-state index contributed by atoms with van der Waals surface area (Å²) in [6.07, 6.45) is 7.32. The highest BCUT2D eigenvalue weighted by atomic mass is 35.5. The van der Waals surface area contributed by atoms with Gasteiger partial charge >= 0.3 is 0 Å². The maximum atomic E-state index is 14.3. The highest BCUT2D eigenvalue weighted by Crippen LogP contribution is 2.45. The Morgan fingerprint density at radius 1 is 0.789 bits per heavy atom. The van der Waals surface area contributed by atoms with E-state index >= 15 is 0 Å². The molecule has 5 heterocycles. The Labute approximate surface area is 655 Å². The van der Waals surface area contributed by atoms with Crippen molar-refractivity contribution in [3.8, 4) is 10.4 Å². The van der Waals surface area contributed by atoms with Gasteiger partial charge in [0.15, 0.2) is 0 Å². The molecule has 5 aromatic carbocycles. The van der Waals surface area contributed by atoms with E-state index in [1.54, 1.807) is 35.2 Å². The molecule has 6 aromatic rings. The monoisotopic (exact) mass is 1570 g/mol. The lowest BCUT2D eigenvalue weighted by atomic mass is 9.71. The Hall–Kier alpha value is -7.79. The van der Waals surface area contributed by atoms with Gasteiger partial charge in [-0.3, -0.25) is 43.9 Å². The number of anilines is 2. The van der Waals surface area contributed by atoms with E-state index < -0.39 is 60.9 Å². The quantitative estimate of drug-likeness (QED) is 0.0102. The molecule has 0 spiro atoms. The van der Waals surface area contributed by atoms with Crippen molar-refractivity contribution in [3.63, 3.8) is 0 Å². The summed E-state index contributed by atoms with van der Waals surface area (Å²) in [5.74, 6) is -1.14. The van der Waals surface area contributed by atoms with Crippen LogP contribution in [0.4, 0.5) is 17.1 Å². The van der Waals surface area contributed by atoms with Crippen molar-refractivity contribution in [2.24, 2.45) is 10.8 Å². The number of β-amino-alcohol motifs (C(OH)–C–C–N with tert-alkyl or cyclic N) is 1. The van der Waals surface area contributed by atoms with Crippen molar-refractivity contribution in [1.82, 2.24) is 44.8 Å². The molecule has 109 heavy (non-hydrogen) atoms. The average Bonchev–Trinajstić information content (AvgIpc) is 1.32. The Morgan fingerprint density at radius 3 is 2.12 bits per heavy atom. The molecule has 1 unspecified atom stereocenters. The standard InChI is InChI=1S/C82H107ClN12O11S3/c1-56(58-18-20-60(21-19-58)76-57(2)84-55-108-76)85-79(101)73-48-67(97)52-94(73)80(102)77(81(3,4)5)87-74(98)16-12-7-8-13-17-75(99)93-46-42-91(43-47-93)54-82(6)36-32-70(59-22-26-63(83)27-23-59)62(50-82)51-90-40-44-92(45-41-90)65-28-24-61(25-29-65)78(100)88-109(105,106)69-30-31-71(72(49-69)95(103)104)86-64(53-107-68-14-10-9-11-15-68)33-37-89-38-34-66(96)35-39-89/h9-11,14-15,18-31,49,55-56,64,66-67,73,77,86,96-97H,7-8,12-13,16-17,32-48,50-54H2,1-6H3,(H,85,101)(H,87,98)(H,88,100)/t56-,64+,67+,73-,77+,82?/m0/s1. The molecule has 0 saturated carbocycles. The predicted molar refractivity (Wildman–Crippen MR) is 431 cm³/mol. The SMILES string of the molecule is Cc1ncsc1-c1ccc([C@H](C)NC(=O)[C@@H]2C[C@@H](O)CN2C(=O)[C@@H](NC(=O)CCCCCCC(=O)N2CCN(CC3(C)CCC(c4ccc(Cl)cc4)=C(CN4CCN(c5ccc(C(=O)NS(=O)(=O)c6ccc(N[C@H](CCN7CCC(O)CC7)CSc7ccccc7)c([N+](=O)[O-])c6)cc5)CC4)C3)CC2)C(C)(C)C)cc1. The zero-order valence-electron chi connectivity index (χ0n) is 63.6. The topological polar surface area (TPSA) is 284 Å². The van der Waals surface area contributed by atoms with Crippen LogP contribution in [0.3, 0.4) is 0 Å². The van der Waals surface area contributed by atoms with Crippen molar-refractivity contribution in [1.29, 1.82) is 0 Å². The van der Waals surface area contributed by atoms with Gasteiger partial charge in [-0.05, 0) is 159 Å². The summed E-state index contributed by atoms with van der Waals surface area (Å²) >= 11 is 9.60. The molecule has 4 saturated heterocycles. The van der Waals surface area contributed by atoms with Gasteiger partial charge in [-0.1, -0.05) is 112 Å². The summed E-state index contributed by atoms with van der Waals surface area (Å²) < 4.78 is 29.7. The highest BCUT2D eigenvalue weighted by molar-refractivity contribution is 7.99. The van der Waals surface area contributed by atoms with Crippen molar-refractivity contribution >= 4 is 96.9 Å². The fourth-order valence-electron chi connectivity index (χ4n) is 15.7. The molecule has 5 aliphatic rings. The molecule has 1 aliphatic carbocycles. The first-order valence-electron chi connectivity index (χ1n) is 38.5. The number of nitro benzene ring substituents is 1. The third kappa shape index (κ3) is 22.5. The van der Waals surface area contributed by atoms with Gasteiger partial charge in [0.05, 0.1) is 44.2 Å². The summed E-state index contributed by atoms with van der Waals surface area (Å²) in [6.45, 7) is 21.8. The van der Waals surface area contributed by atoms with Crippen LogP contribution < -0.4 is 25.6 Å². The molecule has 1 aromatic heterocycles. The number of aryl methyl sites for hydroxylation is 1. The number of amides is 5. The van der Waals surface area contributed by atoms with Crippen LogP contribution in [0, 0.1) is 27.9 Å². The second-order valence-corrected chi connectivity index (χ2v) is 35.6. The lowest BCUT2D eigenvalue weighted by Gasteiger charge is -2.44. The Morgan fingerprint density at radius 2 is 1.46 bits per heavy atom. The van der Waals surface area contributed by atoms with Crippen molar-refractivity contribution < 1.29 is 47.5 Å². The zero-order valence-corrected chi connectivity index (χ0v) is 66.8. The number of aliphatic hydroxyl groups excluding tert-OH is 2. The smallest absolute Gasteiger partial charge is 0.293 e. The van der Waals surface area contributed by atoms with Crippen LogP contribution in [-0.4, -0.2) is 210 Å². The van der Waals surface area contributed by atoms with Crippen LogP contribution >= 0.6 is 34.7 Å². The van der Waals surface area contributed by atoms with E-state index in [2.05, 4.69) is 64.3 Å². The van der Waals surface area contributed by atoms with Crippen LogP contribution in [0.15, 0.2) is 142 Å². The fraction of sp³-hybridized carbons (Fsp3) is 0.512. The number of allylic oxidation sites excluding steroid dienone is 1. The van der Waals surface area contributed by atoms with Crippen LogP contribution in [0.5, 0.6) is 0 Å². The van der Waals surface area contributed by atoms with E-state index in [1.165, 1.54) is 33.7 Å². The normalized spacial score (nSPS) is 20.2. The zero-order chi connectivity index (χ0) is 77.6. The van der Waals surface area contributed by atoms with Crippen LogP contribution in [0.25, 0.3) is 16.0 Å². The van der Waals surface area contributed by atoms with E-state index in [-0.39, 0.29) is 72.0 Å². The Balaban J connectivity index is 0.605. The largest absolute Gasteiger partial charge is 0.393 e. The third-order valence-electron chi connectivity index (χ3n) is 22.1. The van der Waals surface area contributed by atoms with E-state index in [0.29, 0.717) is 62.4 Å². The molecule has 23 nitrogen and oxygen atoms in total. The number of piperazine rings is 2. The van der Waals surface area contributed by atoms with Gasteiger partial charge in [0, 0.05) is 150 Å². The molecule has 27 heteroatoms. The number of thiazole rings is 1. The van der Waals surface area contributed by atoms with Crippen molar-refractivity contribution in [3.05, 3.63) is 170 Å². The van der Waals surface area contributed by atoms with Gasteiger partial charge in [-0.2, -0.15) is 0 Å². The predicted octanol–water partition coefficient (Wildman–Crippen LogP) is 11.8. The minimum Gasteiger partial charge on any atom is -0.393 e. The number of rotatable bonds is 31. The highest BCUT2D eigenvalue weighted by Gasteiger charge is 2.45. The van der Waals surface area contributed by atoms with Crippen LogP contribution in [0.1, 0.15) is 151 Å². The number of aliphatic hydroxyl groups is 2. The van der Waals surface area contributed by atoms with Gasteiger partial charge in [-0.15, -0.1) is 23.1 Å². The lowest BCUT2D eigenvalue weighted by molar-refractivity contribution is -0.384. The first-order valence-corrected chi connectivity index (χ1v) is 42.2. The van der Waals surface area contributed by atoms with Crippen molar-refractivity contribution in [2.75, 3.05) is 108 Å². The molecule has 5 amide bonds. The van der Waals surface area contributed by atoms with Crippen LogP contribution in [-0.2, 0) is 29.2 Å². The van der Waals surface area contributed by atoms with Gasteiger partial charge in [0.25, 0.3) is 21.6 Å². The molecule has 6 N–H and O–H groups in total. The number of hydrogen-bond acceptors (Lipinski definition) is 19. The molecule has 4 fully saturated rings. The van der Waals surface area contributed by atoms with E-state index in [9.17, 15) is 52.7 Å². The number of benzene rings is 5. The van der Waals surface area contributed by atoms with E-state index in [1.807, 2.05) is 124 Å². The number of nitro groups is 1. The second-order valence-electron chi connectivity index (χ2n) is 31.5. The molecular weight excluding hydrogens is 1460 g/mol. The first-order chi connectivity index (χ1) is 52.1. The number of likely N-dealkylation sites (tertiary alicyclic amines) is 2. The number of thioether (sulfide) groups is 1. The third-order valence-corrected chi connectivity index (χ3v) is 25.8. The number of nitrogens with one attached hydrogen (secondary N) is 4. The number of unbranched alkanes of at least 4 members (excludes halogenated alkanes) is 3. The average molecular weight is 1570 g/mol. The number of hydrogen-bond donors (Lipinski definition) is 6. The van der Waals surface area contributed by atoms with Gasteiger partial charge in [-0.25, -0.2) is 18.1 Å². The number of piperidine rings is 1. The van der Waals surface area contributed by atoms with Gasteiger partial charge in [0.1, 0.15) is 17.8 Å². The number of sulfonamides is 1. The van der Waals surface area contributed by atoms with Crippen molar-refractivity contribution in [2.45, 2.75) is 171 Å². The summed E-state index contributed by atoms with van der Waals surface area (Å²) in [5, 5.41) is 43.4. The maximum absolute atomic E-state index is 14.3. The molecule has 586 valence electrons. The number of nitrogens with zero attached hydrogens (tertiary/aromatic N) is 8. The minimum atomic E-state index is -4.53. The maximum Gasteiger partial charge on any atom is 0.293 e. The molecule has 0 radical (unpaired) electrons. The van der Waals surface area contributed by atoms with E-state index in [4.69, 9.17) is 11.6 Å². The lowest BCUT2D eigenvalue weighted by Crippen LogP contribution is -2.57. The number of aromatic nitrogens is 1. The molecule has 0 bridgehead atoms. The number of halogens is 1. The van der Waals surface area contributed by atoms with Gasteiger partial charge in [0.2, 0.25) is 23.6 Å². The molecular formula is C82H107ClN12O11S3. The summed E-state index contributed by atoms with van der Waals surface area (Å²) in [6, 6.07) is 34.0. The molecule has 6 atom stereocenters. The summed E-state index contributed by atoms with van der Waals surface area (Å²) in [7, 11) is -4.53. The van der Waals surface area contributed by atoms with Gasteiger partial charge < -0.3 is 45.8 Å². The second kappa shape index (κ2) is 37.5. The Bertz CT molecular complexity index is 4260. The van der Waals surface area contributed by atoms with E-state index in [0.717, 1.165) is 142 Å². The molecule has 4 aliphatic heterocycles. The summed E-state index contributed by atoms with van der Waals surface area (Å²) in [5.41, 5.74) is 8.78. The summed E-state index contributed by atoms with van der Waals surface area (Å²) in [4.78, 5) is 99.8. The minimum absolute atomic E-state index is 0.00821. The first kappa shape index (κ1) is 82.2. The molecule has 11 rings (SSSR count).